The molecule has 0 saturated carbocycles. The summed E-state index contributed by atoms with van der Waals surface area (Å²) in [5.41, 5.74) is 10.1. The van der Waals surface area contributed by atoms with Gasteiger partial charge in [0.2, 0.25) is 0 Å². The number of hydrogen-bond acceptors (Lipinski definition) is 4. The number of nitrogens with zero attached hydrogens (tertiary/aromatic N) is 1. The van der Waals surface area contributed by atoms with E-state index in [0.29, 0.717) is 11.3 Å². The highest BCUT2D eigenvalue weighted by atomic mass is 19.3. The SMILES string of the molecule is NC1=N[C@](c2cccc(N)c2)(C(F)F)COC1. The second-order valence-electron chi connectivity index (χ2n) is 3.95. The lowest BCUT2D eigenvalue weighted by atomic mass is 9.90. The number of nitrogens with two attached hydrogens (primary N) is 2. The Morgan fingerprint density at radius 2 is 2.12 bits per heavy atom. The summed E-state index contributed by atoms with van der Waals surface area (Å²) in [5, 5.41) is 0. The summed E-state index contributed by atoms with van der Waals surface area (Å²) in [6.07, 6.45) is -2.71. The van der Waals surface area contributed by atoms with Gasteiger partial charge in [0, 0.05) is 5.69 Å². The van der Waals surface area contributed by atoms with Gasteiger partial charge in [-0.2, -0.15) is 0 Å². The van der Waals surface area contributed by atoms with Gasteiger partial charge < -0.3 is 16.2 Å². The van der Waals surface area contributed by atoms with Crippen LogP contribution < -0.4 is 11.5 Å². The molecule has 1 aliphatic rings. The maximum absolute atomic E-state index is 13.3. The Balaban J connectivity index is 2.52. The topological polar surface area (TPSA) is 73.6 Å². The maximum atomic E-state index is 13.3. The molecule has 1 heterocycles. The van der Waals surface area contributed by atoms with E-state index in [1.165, 1.54) is 6.07 Å². The number of amidine groups is 1. The number of aliphatic imine (C=N–C) groups is 1. The fourth-order valence-corrected chi connectivity index (χ4v) is 1.83. The summed E-state index contributed by atoms with van der Waals surface area (Å²) < 4.78 is 31.6. The largest absolute Gasteiger partial charge is 0.399 e. The molecular formula is C11H13F2N3O. The Labute approximate surface area is 97.3 Å². The number of halogens is 2. The smallest absolute Gasteiger partial charge is 0.269 e. The minimum atomic E-state index is -2.71. The highest BCUT2D eigenvalue weighted by molar-refractivity contribution is 5.82. The molecule has 1 aromatic carbocycles. The van der Waals surface area contributed by atoms with Crippen molar-refractivity contribution in [3.8, 4) is 0 Å². The molecule has 1 aliphatic heterocycles. The molecule has 0 saturated heterocycles. The average Bonchev–Trinajstić information content (AvgIpc) is 2.28. The average molecular weight is 241 g/mol. The van der Waals surface area contributed by atoms with Crippen molar-refractivity contribution in [1.82, 2.24) is 0 Å². The molecule has 2 rings (SSSR count). The van der Waals surface area contributed by atoms with Crippen LogP contribution in [0.4, 0.5) is 14.5 Å². The first-order valence-corrected chi connectivity index (χ1v) is 5.11. The monoisotopic (exact) mass is 241 g/mol. The summed E-state index contributed by atoms with van der Waals surface area (Å²) in [6, 6.07) is 6.25. The Hall–Kier alpha value is -1.69. The third-order valence-electron chi connectivity index (χ3n) is 2.66. The van der Waals surface area contributed by atoms with Gasteiger partial charge in [0.1, 0.15) is 12.4 Å². The predicted molar refractivity (Wildman–Crippen MR) is 61.0 cm³/mol. The molecule has 0 bridgehead atoms. The van der Waals surface area contributed by atoms with Crippen LogP contribution in [0.15, 0.2) is 29.3 Å². The first-order chi connectivity index (χ1) is 8.04. The summed E-state index contributed by atoms with van der Waals surface area (Å²) in [6.45, 7) is -0.119. The van der Waals surface area contributed by atoms with E-state index in [1.807, 2.05) is 0 Å². The number of ether oxygens (including phenoxy) is 1. The van der Waals surface area contributed by atoms with Gasteiger partial charge in [0.15, 0.2) is 5.54 Å². The number of alkyl halides is 2. The normalized spacial score (nSPS) is 24.8. The van der Waals surface area contributed by atoms with Crippen LogP contribution in [0.5, 0.6) is 0 Å². The van der Waals surface area contributed by atoms with Crippen molar-refractivity contribution >= 4 is 11.5 Å². The first kappa shape index (κ1) is 11.8. The molecular weight excluding hydrogens is 228 g/mol. The van der Waals surface area contributed by atoms with E-state index in [-0.39, 0.29) is 19.0 Å². The van der Waals surface area contributed by atoms with Crippen LogP contribution >= 0.6 is 0 Å². The van der Waals surface area contributed by atoms with Crippen molar-refractivity contribution in [2.24, 2.45) is 10.7 Å². The van der Waals surface area contributed by atoms with E-state index < -0.39 is 12.0 Å². The molecule has 4 nitrogen and oxygen atoms in total. The molecule has 17 heavy (non-hydrogen) atoms. The second-order valence-corrected chi connectivity index (χ2v) is 3.95. The van der Waals surface area contributed by atoms with Gasteiger partial charge in [-0.15, -0.1) is 0 Å². The van der Waals surface area contributed by atoms with Crippen molar-refractivity contribution in [3.63, 3.8) is 0 Å². The summed E-state index contributed by atoms with van der Waals surface area (Å²) in [7, 11) is 0. The molecule has 1 aromatic rings. The molecule has 0 aromatic heterocycles. The Morgan fingerprint density at radius 1 is 1.35 bits per heavy atom. The van der Waals surface area contributed by atoms with Crippen LogP contribution in [0.1, 0.15) is 5.56 Å². The molecule has 0 fully saturated rings. The minimum absolute atomic E-state index is 0.0685. The van der Waals surface area contributed by atoms with E-state index in [2.05, 4.69) is 4.99 Å². The summed E-state index contributed by atoms with van der Waals surface area (Å²) in [5.74, 6) is 0.0685. The van der Waals surface area contributed by atoms with Gasteiger partial charge >= 0.3 is 0 Å². The molecule has 6 heteroatoms. The second kappa shape index (κ2) is 4.29. The fourth-order valence-electron chi connectivity index (χ4n) is 1.83. The highest BCUT2D eigenvalue weighted by Crippen LogP contribution is 2.35. The third-order valence-corrected chi connectivity index (χ3v) is 2.66. The lowest BCUT2D eigenvalue weighted by Gasteiger charge is -2.33. The van der Waals surface area contributed by atoms with Gasteiger partial charge in [-0.25, -0.2) is 8.78 Å². The number of rotatable bonds is 2. The zero-order valence-corrected chi connectivity index (χ0v) is 9.07. The highest BCUT2D eigenvalue weighted by Gasteiger charge is 2.44. The molecule has 0 spiro atoms. The number of benzene rings is 1. The van der Waals surface area contributed by atoms with Crippen molar-refractivity contribution in [3.05, 3.63) is 29.8 Å². The zero-order chi connectivity index (χ0) is 12.5. The lowest BCUT2D eigenvalue weighted by molar-refractivity contribution is -0.0129. The Kier molecular flexibility index (Phi) is 2.97. The number of nitrogen functional groups attached to an aromatic ring is 1. The molecule has 0 radical (unpaired) electrons. The summed E-state index contributed by atoms with van der Waals surface area (Å²) in [4.78, 5) is 3.89. The van der Waals surface area contributed by atoms with Gasteiger partial charge in [-0.05, 0) is 17.7 Å². The number of anilines is 1. The van der Waals surface area contributed by atoms with Crippen molar-refractivity contribution in [1.29, 1.82) is 0 Å². The lowest BCUT2D eigenvalue weighted by Crippen LogP contribution is -2.44. The zero-order valence-electron chi connectivity index (χ0n) is 9.07. The summed E-state index contributed by atoms with van der Waals surface area (Å²) >= 11 is 0. The van der Waals surface area contributed by atoms with Gasteiger partial charge in [-0.3, -0.25) is 4.99 Å². The van der Waals surface area contributed by atoms with E-state index in [0.717, 1.165) is 0 Å². The third kappa shape index (κ3) is 2.08. The van der Waals surface area contributed by atoms with E-state index >= 15 is 0 Å². The Bertz CT molecular complexity index is 450. The first-order valence-electron chi connectivity index (χ1n) is 5.11. The molecule has 0 unspecified atom stereocenters. The molecule has 1 atom stereocenters. The predicted octanol–water partition coefficient (Wildman–Crippen LogP) is 1.12. The van der Waals surface area contributed by atoms with Crippen LogP contribution in [0, 0.1) is 0 Å². The van der Waals surface area contributed by atoms with Crippen molar-refractivity contribution in [2.75, 3.05) is 18.9 Å². The standard InChI is InChI=1S/C11H13F2N3O/c12-10(13)11(6-17-5-9(15)16-11)7-2-1-3-8(14)4-7/h1-4,10H,5-6,14H2,(H2,15,16)/t11-/m1/s1. The van der Waals surface area contributed by atoms with E-state index in [4.69, 9.17) is 16.2 Å². The molecule has 0 aliphatic carbocycles. The quantitative estimate of drug-likeness (QED) is 0.762. The van der Waals surface area contributed by atoms with Crippen LogP contribution in [-0.2, 0) is 10.3 Å². The van der Waals surface area contributed by atoms with Crippen molar-refractivity contribution < 1.29 is 13.5 Å². The maximum Gasteiger partial charge on any atom is 0.269 e. The van der Waals surface area contributed by atoms with Crippen LogP contribution in [-0.4, -0.2) is 25.5 Å². The van der Waals surface area contributed by atoms with Crippen molar-refractivity contribution in [2.45, 2.75) is 12.0 Å². The van der Waals surface area contributed by atoms with E-state index in [9.17, 15) is 8.78 Å². The Morgan fingerprint density at radius 3 is 2.71 bits per heavy atom. The van der Waals surface area contributed by atoms with Gasteiger partial charge in [0.25, 0.3) is 6.43 Å². The van der Waals surface area contributed by atoms with E-state index in [1.54, 1.807) is 18.2 Å². The fraction of sp³-hybridized carbons (Fsp3) is 0.364. The van der Waals surface area contributed by atoms with Crippen LogP contribution in [0.2, 0.25) is 0 Å². The van der Waals surface area contributed by atoms with Crippen LogP contribution in [0.25, 0.3) is 0 Å². The number of hydrogen-bond donors (Lipinski definition) is 2. The molecule has 4 N–H and O–H groups in total. The molecule has 0 amide bonds. The molecule has 92 valence electrons. The minimum Gasteiger partial charge on any atom is -0.399 e. The van der Waals surface area contributed by atoms with Gasteiger partial charge in [-0.1, -0.05) is 12.1 Å². The van der Waals surface area contributed by atoms with Crippen LogP contribution in [0.3, 0.4) is 0 Å². The van der Waals surface area contributed by atoms with Gasteiger partial charge in [0.05, 0.1) is 6.61 Å².